The van der Waals surface area contributed by atoms with Gasteiger partial charge in [-0.15, -0.1) is 0 Å². The molecule has 0 bridgehead atoms. The van der Waals surface area contributed by atoms with Crippen LogP contribution in [0, 0.1) is 0 Å². The first kappa shape index (κ1) is 13.5. The Morgan fingerprint density at radius 3 is 2.58 bits per heavy atom. The molecule has 1 aromatic carbocycles. The van der Waals surface area contributed by atoms with Crippen molar-refractivity contribution < 1.29 is 13.2 Å². The van der Waals surface area contributed by atoms with Gasteiger partial charge in [0.1, 0.15) is 0 Å². The second kappa shape index (κ2) is 5.34. The van der Waals surface area contributed by atoms with Crippen molar-refractivity contribution in [3.63, 3.8) is 0 Å². The molecule has 0 aromatic heterocycles. The smallest absolute Gasteiger partial charge is 0.361 e. The Labute approximate surface area is 112 Å². The van der Waals surface area contributed by atoms with Crippen LogP contribution in [0.5, 0.6) is 0 Å². The Kier molecular flexibility index (Phi) is 3.79. The quantitative estimate of drug-likeness (QED) is 0.365. The second-order valence-electron chi connectivity index (χ2n) is 4.54. The van der Waals surface area contributed by atoms with Crippen molar-refractivity contribution in [3.05, 3.63) is 65.7 Å². The van der Waals surface area contributed by atoms with Gasteiger partial charge in [0, 0.05) is 5.41 Å². The van der Waals surface area contributed by atoms with Crippen LogP contribution in [-0.4, -0.2) is 24.5 Å². The molecule has 0 saturated heterocycles. The molecule has 0 radical (unpaired) electrons. The first-order chi connectivity index (χ1) is 9.08. The van der Waals surface area contributed by atoms with E-state index in [1.165, 1.54) is 0 Å². The molecule has 5 heteroatoms. The molecule has 0 N–H and O–H groups in total. The van der Waals surface area contributed by atoms with Crippen LogP contribution in [0.25, 0.3) is 5.53 Å². The molecule has 0 amide bonds. The monoisotopic (exact) mass is 274 g/mol. The average molecular weight is 274 g/mol. The van der Waals surface area contributed by atoms with Gasteiger partial charge in [0.05, 0.1) is 5.75 Å². The van der Waals surface area contributed by atoms with Crippen molar-refractivity contribution >= 4 is 15.4 Å². The van der Waals surface area contributed by atoms with Crippen LogP contribution in [0.1, 0.15) is 12.0 Å². The molecule has 0 saturated carbocycles. The van der Waals surface area contributed by atoms with Crippen molar-refractivity contribution in [1.82, 2.24) is 0 Å². The highest BCUT2D eigenvalue weighted by Crippen LogP contribution is 2.34. The standard InChI is InChI=1S/C14H14N2O2S/c15-16-12-19(17,18)11-14(9-5-2-6-10-14)13-7-3-1-4-8-13/h1-9,12H,10-11H2. The Hall–Kier alpha value is -1.97. The van der Waals surface area contributed by atoms with Crippen LogP contribution in [0.3, 0.4) is 0 Å². The molecule has 1 aliphatic carbocycles. The maximum Gasteiger partial charge on any atom is 0.370 e. The van der Waals surface area contributed by atoms with Crippen molar-refractivity contribution in [3.8, 4) is 0 Å². The van der Waals surface area contributed by atoms with Gasteiger partial charge in [-0.1, -0.05) is 54.6 Å². The summed E-state index contributed by atoms with van der Waals surface area (Å²) < 4.78 is 23.8. The molecule has 1 aliphatic rings. The zero-order valence-corrected chi connectivity index (χ0v) is 11.1. The van der Waals surface area contributed by atoms with Crippen LogP contribution < -0.4 is 0 Å². The number of hydrogen-bond donors (Lipinski definition) is 0. The van der Waals surface area contributed by atoms with Crippen LogP contribution in [0.15, 0.2) is 54.6 Å². The molecular weight excluding hydrogens is 260 g/mol. The Bertz CT molecular complexity index is 656. The maximum absolute atomic E-state index is 11.9. The molecule has 4 nitrogen and oxygen atoms in total. The third-order valence-corrected chi connectivity index (χ3v) is 4.49. The average Bonchev–Trinajstić information content (AvgIpc) is 2.40. The summed E-state index contributed by atoms with van der Waals surface area (Å²) in [4.78, 5) is 2.64. The molecule has 0 fully saturated rings. The second-order valence-corrected chi connectivity index (χ2v) is 6.37. The molecule has 0 spiro atoms. The lowest BCUT2D eigenvalue weighted by Crippen LogP contribution is -2.33. The van der Waals surface area contributed by atoms with Gasteiger partial charge in [0.25, 0.3) is 0 Å². The van der Waals surface area contributed by atoms with Crippen molar-refractivity contribution in [2.24, 2.45) is 0 Å². The van der Waals surface area contributed by atoms with E-state index in [-0.39, 0.29) is 5.75 Å². The van der Waals surface area contributed by atoms with E-state index in [0.29, 0.717) is 12.0 Å². The van der Waals surface area contributed by atoms with E-state index in [9.17, 15) is 8.42 Å². The fourth-order valence-corrected chi connectivity index (χ4v) is 3.62. The largest absolute Gasteiger partial charge is 0.370 e. The number of rotatable bonds is 4. The summed E-state index contributed by atoms with van der Waals surface area (Å²) in [6.07, 6.45) is 8.19. The van der Waals surface area contributed by atoms with E-state index >= 15 is 0 Å². The fraction of sp³-hybridized carbons (Fsp3) is 0.214. The first-order valence-corrected chi connectivity index (χ1v) is 7.60. The molecule has 1 atom stereocenters. The number of allylic oxidation sites excluding steroid dienone is 4. The van der Waals surface area contributed by atoms with Crippen LogP contribution in [0.2, 0.25) is 0 Å². The van der Waals surface area contributed by atoms with Crippen LogP contribution in [-0.2, 0) is 15.3 Å². The predicted octanol–water partition coefficient (Wildman–Crippen LogP) is 2.11. The summed E-state index contributed by atoms with van der Waals surface area (Å²) in [6, 6.07) is 9.49. The van der Waals surface area contributed by atoms with Crippen LogP contribution >= 0.6 is 0 Å². The van der Waals surface area contributed by atoms with Crippen molar-refractivity contribution in [2.45, 2.75) is 11.8 Å². The number of hydrogen-bond acceptors (Lipinski definition) is 2. The minimum atomic E-state index is -3.56. The normalized spacial score (nSPS) is 21.9. The van der Waals surface area contributed by atoms with Gasteiger partial charge in [-0.25, -0.2) is 8.42 Å². The molecule has 2 rings (SSSR count). The highest BCUT2D eigenvalue weighted by molar-refractivity contribution is 8.04. The molecule has 0 aliphatic heterocycles. The highest BCUT2D eigenvalue weighted by Gasteiger charge is 2.35. The van der Waals surface area contributed by atoms with E-state index in [2.05, 4.69) is 4.79 Å². The minimum Gasteiger partial charge on any atom is -0.361 e. The highest BCUT2D eigenvalue weighted by atomic mass is 32.2. The minimum absolute atomic E-state index is 0.116. The number of nitrogens with zero attached hydrogens (tertiary/aromatic N) is 2. The van der Waals surface area contributed by atoms with Crippen molar-refractivity contribution in [1.29, 1.82) is 0 Å². The summed E-state index contributed by atoms with van der Waals surface area (Å²) in [5.41, 5.74) is 9.38. The van der Waals surface area contributed by atoms with Crippen molar-refractivity contribution in [2.75, 3.05) is 5.75 Å². The summed E-state index contributed by atoms with van der Waals surface area (Å²) in [5, 5.41) is 0. The Morgan fingerprint density at radius 1 is 1.26 bits per heavy atom. The Morgan fingerprint density at radius 2 is 2.00 bits per heavy atom. The zero-order valence-electron chi connectivity index (χ0n) is 10.3. The molecule has 1 aromatic rings. The lowest BCUT2D eigenvalue weighted by Gasteiger charge is -2.30. The van der Waals surface area contributed by atoms with Gasteiger partial charge in [0.15, 0.2) is 0 Å². The van der Waals surface area contributed by atoms with Gasteiger partial charge in [0.2, 0.25) is 9.84 Å². The summed E-state index contributed by atoms with van der Waals surface area (Å²) in [6.45, 7) is 0. The summed E-state index contributed by atoms with van der Waals surface area (Å²) >= 11 is 0. The SMILES string of the molecule is [N-]=[N+]=CS(=O)(=O)CC1(c2ccccc2)C=CC=CC1. The van der Waals surface area contributed by atoms with E-state index in [4.69, 9.17) is 5.53 Å². The van der Waals surface area contributed by atoms with Gasteiger partial charge in [-0.2, -0.15) is 4.79 Å². The zero-order chi connectivity index (χ0) is 13.8. The third kappa shape index (κ3) is 3.08. The van der Waals surface area contributed by atoms with E-state index in [1.54, 1.807) is 0 Å². The molecule has 98 valence electrons. The molecule has 0 heterocycles. The molecule has 19 heavy (non-hydrogen) atoms. The number of benzene rings is 1. The van der Waals surface area contributed by atoms with Gasteiger partial charge < -0.3 is 5.53 Å². The molecular formula is C14H14N2O2S. The van der Waals surface area contributed by atoms with E-state index < -0.39 is 15.3 Å². The van der Waals surface area contributed by atoms with Crippen LogP contribution in [0.4, 0.5) is 0 Å². The summed E-state index contributed by atoms with van der Waals surface area (Å²) in [7, 11) is -3.56. The van der Waals surface area contributed by atoms with Gasteiger partial charge >= 0.3 is 5.55 Å². The van der Waals surface area contributed by atoms with E-state index in [1.807, 2.05) is 54.6 Å². The lowest BCUT2D eigenvalue weighted by atomic mass is 9.77. The molecule has 1 unspecified atom stereocenters. The number of sulfone groups is 1. The predicted molar refractivity (Wildman–Crippen MR) is 74.5 cm³/mol. The topological polar surface area (TPSA) is 70.5 Å². The van der Waals surface area contributed by atoms with Gasteiger partial charge in [-0.05, 0) is 12.0 Å². The van der Waals surface area contributed by atoms with Gasteiger partial charge in [-0.3, -0.25) is 0 Å². The maximum atomic E-state index is 11.9. The fourth-order valence-electron chi connectivity index (χ4n) is 2.31. The summed E-state index contributed by atoms with van der Waals surface area (Å²) in [5.74, 6) is -0.116. The lowest BCUT2D eigenvalue weighted by molar-refractivity contribution is 0.00751. The van der Waals surface area contributed by atoms with E-state index in [0.717, 1.165) is 5.56 Å². The third-order valence-electron chi connectivity index (χ3n) is 3.16. The Balaban J connectivity index is 2.46. The first-order valence-electron chi connectivity index (χ1n) is 5.88.